The van der Waals surface area contributed by atoms with Gasteiger partial charge >= 0.3 is 5.97 Å². The van der Waals surface area contributed by atoms with E-state index in [0.717, 1.165) is 11.1 Å². The maximum atomic E-state index is 13.4. The average molecular weight is 561 g/mol. The third-order valence-electron chi connectivity index (χ3n) is 6.54. The molecule has 1 heterocycles. The molecule has 0 spiro atoms. The van der Waals surface area contributed by atoms with Crippen molar-refractivity contribution in [1.82, 2.24) is 16.0 Å². The molecule has 2 aromatic rings. The first kappa shape index (κ1) is 29.8. The quantitative estimate of drug-likeness (QED) is 0.280. The van der Waals surface area contributed by atoms with Crippen LogP contribution in [0, 0.1) is 0 Å². The molecule has 0 unspecified atom stereocenters. The van der Waals surface area contributed by atoms with Crippen LogP contribution in [0.5, 0.6) is 5.75 Å². The van der Waals surface area contributed by atoms with Crippen molar-refractivity contribution < 1.29 is 24.6 Å². The Morgan fingerprint density at radius 3 is 2.45 bits per heavy atom. The van der Waals surface area contributed by atoms with Gasteiger partial charge < -0.3 is 31.9 Å². The van der Waals surface area contributed by atoms with E-state index < -0.39 is 34.7 Å². The number of hydrogen-bond acceptors (Lipinski definition) is 8. The highest BCUT2D eigenvalue weighted by atomic mass is 33.1. The third kappa shape index (κ3) is 8.13. The summed E-state index contributed by atoms with van der Waals surface area (Å²) in [7, 11) is 2.80. The molecule has 0 saturated carbocycles. The number of rotatable bonds is 7. The van der Waals surface area contributed by atoms with Crippen LogP contribution in [0.3, 0.4) is 0 Å². The predicted octanol–water partition coefficient (Wildman–Crippen LogP) is 2.25. The van der Waals surface area contributed by atoms with Crippen molar-refractivity contribution in [3.8, 4) is 5.75 Å². The summed E-state index contributed by atoms with van der Waals surface area (Å²) in [5.74, 6) is -1.49. The highest BCUT2D eigenvalue weighted by Gasteiger charge is 2.40. The molecule has 9 nitrogen and oxygen atoms in total. The van der Waals surface area contributed by atoms with Gasteiger partial charge in [0.25, 0.3) is 0 Å². The summed E-state index contributed by atoms with van der Waals surface area (Å²) < 4.78 is -0.819. The maximum absolute atomic E-state index is 13.4. The fourth-order valence-electron chi connectivity index (χ4n) is 4.23. The van der Waals surface area contributed by atoms with Crippen LogP contribution in [0.15, 0.2) is 54.6 Å². The molecule has 0 bridgehead atoms. The van der Waals surface area contributed by atoms with Crippen LogP contribution in [0.25, 0.3) is 0 Å². The number of nitrogens with one attached hydrogen (secondary N) is 3. The lowest BCUT2D eigenvalue weighted by atomic mass is 9.91. The Bertz CT molecular complexity index is 1100. The summed E-state index contributed by atoms with van der Waals surface area (Å²) in [5, 5.41) is 28.4. The zero-order valence-corrected chi connectivity index (χ0v) is 23.4. The van der Waals surface area contributed by atoms with Crippen molar-refractivity contribution in [3.63, 3.8) is 0 Å². The predicted molar refractivity (Wildman–Crippen MR) is 152 cm³/mol. The molecule has 2 amide bonds. The standard InChI is InChI=1S/C27H36N4O5S2/c1-16(18-7-5-4-6-8-18)22-25(34)31-23(26(35)36)27(2,3)38-37-15-19(14-29-22)30-24(33)21(28)13-17-9-11-20(32)12-10-17/h4-12,16,19,21-23,29,32H,13-15,28H2,1-3H3,(H,30,33)(H,31,34)(H,35,36)/t16-,19-,21-,22+,23-/m0/s1. The van der Waals surface area contributed by atoms with Crippen LogP contribution in [0.2, 0.25) is 0 Å². The van der Waals surface area contributed by atoms with Gasteiger partial charge in [-0.2, -0.15) is 0 Å². The number of aliphatic carboxylic acids is 1. The van der Waals surface area contributed by atoms with Gasteiger partial charge in [-0.3, -0.25) is 9.59 Å². The van der Waals surface area contributed by atoms with Crippen molar-refractivity contribution in [2.75, 3.05) is 12.3 Å². The van der Waals surface area contributed by atoms with E-state index in [2.05, 4.69) is 16.0 Å². The lowest BCUT2D eigenvalue weighted by Gasteiger charge is -2.32. The molecule has 1 aliphatic rings. The van der Waals surface area contributed by atoms with Gasteiger partial charge in [-0.25, -0.2) is 4.79 Å². The second-order valence-corrected chi connectivity index (χ2v) is 13.0. The minimum absolute atomic E-state index is 0.140. The largest absolute Gasteiger partial charge is 0.508 e. The number of nitrogens with two attached hydrogens (primary N) is 1. The van der Waals surface area contributed by atoms with E-state index in [1.165, 1.54) is 21.6 Å². The number of aromatic hydroxyl groups is 1. The highest BCUT2D eigenvalue weighted by molar-refractivity contribution is 8.77. The van der Waals surface area contributed by atoms with Gasteiger partial charge in [-0.05, 0) is 43.5 Å². The van der Waals surface area contributed by atoms with Gasteiger partial charge in [0.05, 0.1) is 22.9 Å². The molecule has 3 rings (SSSR count). The van der Waals surface area contributed by atoms with Crippen LogP contribution >= 0.6 is 21.6 Å². The molecule has 38 heavy (non-hydrogen) atoms. The Morgan fingerprint density at radius 2 is 1.82 bits per heavy atom. The minimum Gasteiger partial charge on any atom is -0.508 e. The first-order valence-corrected chi connectivity index (χ1v) is 14.8. The smallest absolute Gasteiger partial charge is 0.327 e. The van der Waals surface area contributed by atoms with Gasteiger partial charge in [0, 0.05) is 18.2 Å². The number of hydrogen-bond donors (Lipinski definition) is 6. The molecular weight excluding hydrogens is 524 g/mol. The lowest BCUT2D eigenvalue weighted by Crippen LogP contribution is -2.58. The number of carboxylic acid groups (broad SMARTS) is 1. The van der Waals surface area contributed by atoms with Gasteiger partial charge in [0.2, 0.25) is 11.8 Å². The Morgan fingerprint density at radius 1 is 1.16 bits per heavy atom. The Labute approximate surface area is 231 Å². The second kappa shape index (κ2) is 13.4. The summed E-state index contributed by atoms with van der Waals surface area (Å²) in [6, 6.07) is 13.1. The molecular formula is C27H36N4O5S2. The molecule has 1 saturated heterocycles. The molecule has 0 aliphatic carbocycles. The van der Waals surface area contributed by atoms with Crippen LogP contribution in [-0.4, -0.2) is 69.2 Å². The number of phenolic OH excluding ortho intramolecular Hbond substituents is 1. The average Bonchev–Trinajstić information content (AvgIpc) is 2.89. The lowest BCUT2D eigenvalue weighted by molar-refractivity contribution is -0.143. The second-order valence-electron chi connectivity index (χ2n) is 10.0. The summed E-state index contributed by atoms with van der Waals surface area (Å²) in [6.45, 7) is 5.77. The Hall–Kier alpha value is -2.73. The van der Waals surface area contributed by atoms with Crippen LogP contribution in [0.4, 0.5) is 0 Å². The van der Waals surface area contributed by atoms with Gasteiger partial charge in [0.1, 0.15) is 11.8 Å². The van der Waals surface area contributed by atoms with E-state index in [4.69, 9.17) is 5.73 Å². The van der Waals surface area contributed by atoms with E-state index in [0.29, 0.717) is 18.7 Å². The maximum Gasteiger partial charge on any atom is 0.327 e. The Balaban J connectivity index is 1.79. The van der Waals surface area contributed by atoms with Gasteiger partial charge in [-0.1, -0.05) is 71.0 Å². The fraction of sp³-hybridized carbons (Fsp3) is 0.444. The van der Waals surface area contributed by atoms with Crippen molar-refractivity contribution in [2.45, 2.75) is 62.0 Å². The molecule has 1 fully saturated rings. The molecule has 5 atom stereocenters. The summed E-state index contributed by atoms with van der Waals surface area (Å²) >= 11 is 0. The molecule has 0 radical (unpaired) electrons. The van der Waals surface area contributed by atoms with Crippen LogP contribution in [0.1, 0.15) is 37.8 Å². The molecule has 206 valence electrons. The molecule has 0 aromatic heterocycles. The van der Waals surface area contributed by atoms with E-state index in [-0.39, 0.29) is 23.6 Å². The number of benzene rings is 2. The third-order valence-corrected chi connectivity index (χ3v) is 9.91. The molecule has 1 aliphatic heterocycles. The zero-order valence-electron chi connectivity index (χ0n) is 21.7. The fourth-order valence-corrected chi connectivity index (χ4v) is 7.12. The minimum atomic E-state index is -1.11. The number of amides is 2. The highest BCUT2D eigenvalue weighted by Crippen LogP contribution is 2.39. The van der Waals surface area contributed by atoms with Crippen molar-refractivity contribution in [2.24, 2.45) is 5.73 Å². The van der Waals surface area contributed by atoms with Gasteiger partial charge in [-0.15, -0.1) is 0 Å². The van der Waals surface area contributed by atoms with E-state index in [1.807, 2.05) is 37.3 Å². The summed E-state index contributed by atoms with van der Waals surface area (Å²) in [4.78, 5) is 38.6. The number of carboxylic acids is 1. The van der Waals surface area contributed by atoms with Gasteiger partial charge in [0.15, 0.2) is 0 Å². The normalized spacial score (nSPS) is 23.8. The van der Waals surface area contributed by atoms with Crippen molar-refractivity contribution >= 4 is 39.4 Å². The van der Waals surface area contributed by atoms with E-state index in [1.54, 1.807) is 38.1 Å². The SMILES string of the molecule is C[C@@H](c1ccccc1)[C@H]1NC[C@H](NC(=O)[C@@H](N)Cc2ccc(O)cc2)CSSC(C)(C)[C@H](C(=O)O)NC1=O. The summed E-state index contributed by atoms with van der Waals surface area (Å²) in [6.07, 6.45) is 0.303. The topological polar surface area (TPSA) is 154 Å². The Kier molecular flexibility index (Phi) is 10.5. The summed E-state index contributed by atoms with van der Waals surface area (Å²) in [5.41, 5.74) is 7.94. The van der Waals surface area contributed by atoms with E-state index >= 15 is 0 Å². The van der Waals surface area contributed by atoms with Crippen molar-refractivity contribution in [3.05, 3.63) is 65.7 Å². The van der Waals surface area contributed by atoms with E-state index in [9.17, 15) is 24.6 Å². The molecule has 11 heteroatoms. The zero-order chi connectivity index (χ0) is 27.9. The van der Waals surface area contributed by atoms with Crippen LogP contribution in [-0.2, 0) is 20.8 Å². The molecule has 2 aromatic carbocycles. The monoisotopic (exact) mass is 560 g/mol. The molecule has 7 N–H and O–H groups in total. The first-order chi connectivity index (χ1) is 18.0. The number of carbonyl (C=O) groups is 3. The number of phenols is 1. The van der Waals surface area contributed by atoms with Crippen LogP contribution < -0.4 is 21.7 Å². The first-order valence-electron chi connectivity index (χ1n) is 12.4. The van der Waals surface area contributed by atoms with Crippen molar-refractivity contribution in [1.29, 1.82) is 0 Å². The number of carbonyl (C=O) groups excluding carboxylic acids is 2.